The maximum absolute atomic E-state index is 13.3. The fourth-order valence-electron chi connectivity index (χ4n) is 2.83. The molecular formula is C19H17F2NO3. The molecule has 0 saturated heterocycles. The summed E-state index contributed by atoms with van der Waals surface area (Å²) < 4.78 is 26.3. The Hall–Kier alpha value is -2.76. The van der Waals surface area contributed by atoms with Crippen LogP contribution in [0.15, 0.2) is 42.5 Å². The molecule has 2 N–H and O–H groups in total. The van der Waals surface area contributed by atoms with E-state index >= 15 is 0 Å². The lowest BCUT2D eigenvalue weighted by atomic mass is 10.0. The topological polar surface area (TPSA) is 66.4 Å². The number of hydrogen-bond donors (Lipinski definition) is 2. The molecule has 0 spiro atoms. The summed E-state index contributed by atoms with van der Waals surface area (Å²) in [7, 11) is 0. The van der Waals surface area contributed by atoms with E-state index in [2.05, 4.69) is 5.32 Å². The minimum atomic E-state index is -0.913. The van der Waals surface area contributed by atoms with Gasteiger partial charge < -0.3 is 10.4 Å². The minimum absolute atomic E-state index is 0.110. The third-order valence-electron chi connectivity index (χ3n) is 4.55. The van der Waals surface area contributed by atoms with Crippen LogP contribution in [0.1, 0.15) is 36.3 Å². The minimum Gasteiger partial charge on any atom is -0.481 e. The van der Waals surface area contributed by atoms with Gasteiger partial charge in [-0.3, -0.25) is 9.59 Å². The maximum Gasteiger partial charge on any atom is 0.310 e. The lowest BCUT2D eigenvalue weighted by Gasteiger charge is -2.09. The van der Waals surface area contributed by atoms with Gasteiger partial charge in [-0.1, -0.05) is 18.2 Å². The molecule has 0 aliphatic heterocycles. The van der Waals surface area contributed by atoms with Crippen LogP contribution < -0.4 is 5.32 Å². The molecule has 1 saturated carbocycles. The molecule has 25 heavy (non-hydrogen) atoms. The van der Waals surface area contributed by atoms with E-state index in [-0.39, 0.29) is 17.7 Å². The standard InChI is InChI=1S/C19H17F2NO3/c1-10(19(24)25)11-2-5-13(6-3-11)22-18(23)15-9-14(15)12-4-7-16(20)17(21)8-12/h2-8,10,14-15H,9H2,1H3,(H,22,23)(H,24,25). The van der Waals surface area contributed by atoms with E-state index in [1.807, 2.05) is 0 Å². The van der Waals surface area contributed by atoms with E-state index in [0.717, 1.165) is 12.1 Å². The largest absolute Gasteiger partial charge is 0.481 e. The van der Waals surface area contributed by atoms with E-state index in [9.17, 15) is 18.4 Å². The second kappa shape index (κ2) is 6.63. The number of carbonyl (C=O) groups is 2. The Morgan fingerprint density at radius 1 is 1.12 bits per heavy atom. The van der Waals surface area contributed by atoms with Crippen molar-refractivity contribution in [3.05, 3.63) is 65.2 Å². The number of anilines is 1. The summed E-state index contributed by atoms with van der Waals surface area (Å²) in [5.74, 6) is -3.92. The number of hydrogen-bond acceptors (Lipinski definition) is 2. The van der Waals surface area contributed by atoms with Crippen LogP contribution in [0, 0.1) is 17.6 Å². The van der Waals surface area contributed by atoms with Gasteiger partial charge in [0.1, 0.15) is 0 Å². The molecule has 130 valence electrons. The van der Waals surface area contributed by atoms with E-state index in [1.165, 1.54) is 6.07 Å². The molecule has 0 aromatic heterocycles. The molecule has 1 aliphatic rings. The molecule has 0 bridgehead atoms. The van der Waals surface area contributed by atoms with Crippen molar-refractivity contribution in [3.8, 4) is 0 Å². The van der Waals surface area contributed by atoms with Crippen molar-refractivity contribution in [2.45, 2.75) is 25.2 Å². The number of rotatable bonds is 5. The molecule has 0 heterocycles. The quantitative estimate of drug-likeness (QED) is 0.864. The number of aliphatic carboxylic acids is 1. The summed E-state index contributed by atoms with van der Waals surface area (Å²) in [6.45, 7) is 1.59. The Morgan fingerprint density at radius 3 is 2.40 bits per heavy atom. The molecule has 3 rings (SSSR count). The second-order valence-electron chi connectivity index (χ2n) is 6.29. The van der Waals surface area contributed by atoms with E-state index in [4.69, 9.17) is 5.11 Å². The molecule has 1 aliphatic carbocycles. The zero-order valence-electron chi connectivity index (χ0n) is 13.5. The molecule has 1 fully saturated rings. The molecule has 2 aromatic rings. The molecule has 4 nitrogen and oxygen atoms in total. The first-order chi connectivity index (χ1) is 11.9. The summed E-state index contributed by atoms with van der Waals surface area (Å²) in [4.78, 5) is 23.2. The first-order valence-electron chi connectivity index (χ1n) is 7.95. The number of halogens is 2. The van der Waals surface area contributed by atoms with Crippen LogP contribution in [-0.4, -0.2) is 17.0 Å². The highest BCUT2D eigenvalue weighted by Crippen LogP contribution is 2.48. The van der Waals surface area contributed by atoms with Crippen LogP contribution in [0.5, 0.6) is 0 Å². The number of carboxylic acids is 1. The highest BCUT2D eigenvalue weighted by atomic mass is 19.2. The third kappa shape index (κ3) is 3.68. The van der Waals surface area contributed by atoms with Crippen molar-refractivity contribution >= 4 is 17.6 Å². The van der Waals surface area contributed by atoms with Crippen LogP contribution in [0.3, 0.4) is 0 Å². The summed E-state index contributed by atoms with van der Waals surface area (Å²) in [5.41, 5.74) is 1.84. The van der Waals surface area contributed by atoms with Gasteiger partial charge in [0.2, 0.25) is 5.91 Å². The molecule has 1 amide bonds. The van der Waals surface area contributed by atoms with Crippen LogP contribution in [0.4, 0.5) is 14.5 Å². The number of benzene rings is 2. The van der Waals surface area contributed by atoms with Gasteiger partial charge >= 0.3 is 5.97 Å². The summed E-state index contributed by atoms with van der Waals surface area (Å²) in [6, 6.07) is 10.3. The van der Waals surface area contributed by atoms with Gasteiger partial charge in [0.25, 0.3) is 0 Å². The summed E-state index contributed by atoms with van der Waals surface area (Å²) in [5, 5.41) is 11.8. The first kappa shape index (κ1) is 17.1. The van der Waals surface area contributed by atoms with Crippen molar-refractivity contribution in [2.75, 3.05) is 5.32 Å². The molecule has 3 unspecified atom stereocenters. The van der Waals surface area contributed by atoms with Crippen LogP contribution in [0.25, 0.3) is 0 Å². The van der Waals surface area contributed by atoms with Crippen molar-refractivity contribution < 1.29 is 23.5 Å². The van der Waals surface area contributed by atoms with Gasteiger partial charge in [0, 0.05) is 11.6 Å². The number of amides is 1. The molecule has 0 radical (unpaired) electrons. The summed E-state index contributed by atoms with van der Waals surface area (Å²) in [6.07, 6.45) is 0.588. The molecule has 2 aromatic carbocycles. The number of nitrogens with one attached hydrogen (secondary N) is 1. The Bertz CT molecular complexity index is 820. The van der Waals surface area contributed by atoms with Gasteiger partial charge in [0.15, 0.2) is 11.6 Å². The van der Waals surface area contributed by atoms with E-state index < -0.39 is 23.5 Å². The SMILES string of the molecule is CC(C(=O)O)c1ccc(NC(=O)C2CC2c2ccc(F)c(F)c2)cc1. The van der Waals surface area contributed by atoms with Gasteiger partial charge in [-0.05, 0) is 54.7 Å². The zero-order valence-corrected chi connectivity index (χ0v) is 13.5. The summed E-state index contributed by atoms with van der Waals surface area (Å²) >= 11 is 0. The smallest absolute Gasteiger partial charge is 0.310 e. The average molecular weight is 345 g/mol. The lowest BCUT2D eigenvalue weighted by Crippen LogP contribution is -2.15. The van der Waals surface area contributed by atoms with Crippen molar-refractivity contribution in [3.63, 3.8) is 0 Å². The predicted molar refractivity (Wildman–Crippen MR) is 88.3 cm³/mol. The van der Waals surface area contributed by atoms with Gasteiger partial charge in [-0.25, -0.2) is 8.78 Å². The Labute approximate surface area is 143 Å². The van der Waals surface area contributed by atoms with Crippen molar-refractivity contribution in [2.24, 2.45) is 5.92 Å². The maximum atomic E-state index is 13.3. The lowest BCUT2D eigenvalue weighted by molar-refractivity contribution is -0.138. The number of carboxylic acid groups (broad SMARTS) is 1. The van der Waals surface area contributed by atoms with Gasteiger partial charge in [0.05, 0.1) is 5.92 Å². The van der Waals surface area contributed by atoms with Crippen LogP contribution in [0.2, 0.25) is 0 Å². The average Bonchev–Trinajstić information content (AvgIpc) is 3.38. The molecule has 3 atom stereocenters. The zero-order chi connectivity index (χ0) is 18.1. The van der Waals surface area contributed by atoms with Crippen LogP contribution in [-0.2, 0) is 9.59 Å². The van der Waals surface area contributed by atoms with Gasteiger partial charge in [-0.2, -0.15) is 0 Å². The normalized spacial score (nSPS) is 20.0. The Morgan fingerprint density at radius 2 is 1.80 bits per heavy atom. The van der Waals surface area contributed by atoms with E-state index in [1.54, 1.807) is 31.2 Å². The predicted octanol–water partition coefficient (Wildman–Crippen LogP) is 3.90. The van der Waals surface area contributed by atoms with Crippen molar-refractivity contribution in [1.82, 2.24) is 0 Å². The third-order valence-corrected chi connectivity index (χ3v) is 4.55. The molecule has 6 heteroatoms. The second-order valence-corrected chi connectivity index (χ2v) is 6.29. The van der Waals surface area contributed by atoms with E-state index in [0.29, 0.717) is 23.2 Å². The highest BCUT2D eigenvalue weighted by molar-refractivity contribution is 5.95. The first-order valence-corrected chi connectivity index (χ1v) is 7.95. The fraction of sp³-hybridized carbons (Fsp3) is 0.263. The Balaban J connectivity index is 1.62. The van der Waals surface area contributed by atoms with Crippen molar-refractivity contribution in [1.29, 1.82) is 0 Å². The fourth-order valence-corrected chi connectivity index (χ4v) is 2.83. The number of carbonyl (C=O) groups excluding carboxylic acids is 1. The van der Waals surface area contributed by atoms with Gasteiger partial charge in [-0.15, -0.1) is 0 Å². The Kier molecular flexibility index (Phi) is 4.53. The monoisotopic (exact) mass is 345 g/mol. The van der Waals surface area contributed by atoms with Crippen LogP contribution >= 0.6 is 0 Å². The molecular weight excluding hydrogens is 328 g/mol. The highest BCUT2D eigenvalue weighted by Gasteiger charge is 2.44.